The van der Waals surface area contributed by atoms with Crippen LogP contribution in [0.1, 0.15) is 27.4 Å². The Balaban J connectivity index is 1.92. The molecule has 1 aliphatic rings. The van der Waals surface area contributed by atoms with Crippen molar-refractivity contribution in [3.63, 3.8) is 0 Å². The molecule has 0 aromatic heterocycles. The van der Waals surface area contributed by atoms with E-state index in [0.717, 1.165) is 16.9 Å². The minimum Gasteiger partial charge on any atom is -0.497 e. The largest absolute Gasteiger partial charge is 0.497 e. The molecule has 106 valence electrons. The highest BCUT2D eigenvalue weighted by molar-refractivity contribution is 6.11. The second-order valence-corrected chi connectivity index (χ2v) is 5.01. The molecule has 1 N–H and O–H groups in total. The Labute approximate surface area is 122 Å². The second kappa shape index (κ2) is 5.40. The van der Waals surface area contributed by atoms with Crippen molar-refractivity contribution in [3.8, 4) is 5.75 Å². The molecule has 0 radical (unpaired) electrons. The molecule has 2 aromatic rings. The van der Waals surface area contributed by atoms with Gasteiger partial charge in [0.2, 0.25) is 5.91 Å². The lowest BCUT2D eigenvalue weighted by Gasteiger charge is -2.24. The molecule has 1 aliphatic heterocycles. The summed E-state index contributed by atoms with van der Waals surface area (Å²) in [6.45, 7) is 0. The highest BCUT2D eigenvalue weighted by Crippen LogP contribution is 2.28. The fourth-order valence-electron chi connectivity index (χ4n) is 2.62. The van der Waals surface area contributed by atoms with Crippen LogP contribution in [0.2, 0.25) is 0 Å². The van der Waals surface area contributed by atoms with Crippen LogP contribution in [0.15, 0.2) is 48.5 Å². The van der Waals surface area contributed by atoms with Gasteiger partial charge in [0.15, 0.2) is 0 Å². The highest BCUT2D eigenvalue weighted by atomic mass is 16.5. The van der Waals surface area contributed by atoms with Crippen LogP contribution in [-0.4, -0.2) is 18.9 Å². The summed E-state index contributed by atoms with van der Waals surface area (Å²) >= 11 is 0. The van der Waals surface area contributed by atoms with Crippen molar-refractivity contribution in [1.82, 2.24) is 5.32 Å². The molecule has 4 heteroatoms. The first-order valence-electron chi connectivity index (χ1n) is 6.76. The average molecular weight is 281 g/mol. The van der Waals surface area contributed by atoms with Gasteiger partial charge in [-0.3, -0.25) is 14.9 Å². The summed E-state index contributed by atoms with van der Waals surface area (Å²) in [4.78, 5) is 24.0. The Bertz CT molecular complexity index is 691. The molecule has 1 atom stereocenters. The number of ether oxygens (including phenoxy) is 1. The Morgan fingerprint density at radius 2 is 1.76 bits per heavy atom. The molecule has 0 aliphatic carbocycles. The van der Waals surface area contributed by atoms with E-state index in [2.05, 4.69) is 5.32 Å². The van der Waals surface area contributed by atoms with Crippen LogP contribution in [0.25, 0.3) is 0 Å². The number of benzene rings is 2. The zero-order chi connectivity index (χ0) is 14.8. The molecular formula is C17H15NO3. The lowest BCUT2D eigenvalue weighted by Crippen LogP contribution is -2.41. The Morgan fingerprint density at radius 3 is 2.48 bits per heavy atom. The number of nitrogens with one attached hydrogen (secondary N) is 1. The van der Waals surface area contributed by atoms with Gasteiger partial charge in [0.1, 0.15) is 5.75 Å². The second-order valence-electron chi connectivity index (χ2n) is 5.01. The number of rotatable bonds is 3. The van der Waals surface area contributed by atoms with Crippen molar-refractivity contribution in [2.24, 2.45) is 0 Å². The lowest BCUT2D eigenvalue weighted by atomic mass is 9.85. The Hall–Kier alpha value is -2.62. The SMILES string of the molecule is COc1ccc(CC2C(=O)NC(=O)c3ccccc32)cc1. The number of carbonyl (C=O) groups excluding carboxylic acids is 2. The number of hydrogen-bond donors (Lipinski definition) is 1. The van der Waals surface area contributed by atoms with Crippen molar-refractivity contribution in [2.45, 2.75) is 12.3 Å². The molecule has 3 rings (SSSR count). The maximum absolute atomic E-state index is 12.1. The third-order valence-electron chi connectivity index (χ3n) is 3.73. The van der Waals surface area contributed by atoms with Gasteiger partial charge in [-0.25, -0.2) is 0 Å². The van der Waals surface area contributed by atoms with Gasteiger partial charge in [0.05, 0.1) is 13.0 Å². The van der Waals surface area contributed by atoms with Crippen molar-refractivity contribution >= 4 is 11.8 Å². The monoisotopic (exact) mass is 281 g/mol. The Kier molecular flexibility index (Phi) is 3.44. The predicted molar refractivity (Wildman–Crippen MR) is 78.4 cm³/mol. The summed E-state index contributed by atoms with van der Waals surface area (Å²) < 4.78 is 5.13. The molecule has 2 amide bonds. The van der Waals surface area contributed by atoms with E-state index in [4.69, 9.17) is 4.74 Å². The van der Waals surface area contributed by atoms with Crippen LogP contribution in [-0.2, 0) is 11.2 Å². The molecule has 0 spiro atoms. The predicted octanol–water partition coefficient (Wildman–Crippen LogP) is 2.29. The molecular weight excluding hydrogens is 266 g/mol. The molecule has 1 unspecified atom stereocenters. The summed E-state index contributed by atoms with van der Waals surface area (Å²) in [5, 5.41) is 2.43. The first kappa shape index (κ1) is 13.4. The third kappa shape index (κ3) is 2.52. The van der Waals surface area contributed by atoms with Crippen molar-refractivity contribution < 1.29 is 14.3 Å². The van der Waals surface area contributed by atoms with E-state index < -0.39 is 0 Å². The van der Waals surface area contributed by atoms with Gasteiger partial charge in [0, 0.05) is 5.56 Å². The molecule has 0 saturated carbocycles. The van der Waals surface area contributed by atoms with Crippen LogP contribution >= 0.6 is 0 Å². The van der Waals surface area contributed by atoms with Gasteiger partial charge in [-0.2, -0.15) is 0 Å². The molecule has 1 heterocycles. The number of imide groups is 1. The Morgan fingerprint density at radius 1 is 1.05 bits per heavy atom. The smallest absolute Gasteiger partial charge is 0.258 e. The lowest BCUT2D eigenvalue weighted by molar-refractivity contribution is -0.121. The van der Waals surface area contributed by atoms with E-state index in [1.54, 1.807) is 19.2 Å². The maximum atomic E-state index is 12.1. The van der Waals surface area contributed by atoms with Crippen LogP contribution in [0.5, 0.6) is 5.75 Å². The summed E-state index contributed by atoms with van der Waals surface area (Å²) in [7, 11) is 1.62. The summed E-state index contributed by atoms with van der Waals surface area (Å²) in [6, 6.07) is 14.9. The third-order valence-corrected chi connectivity index (χ3v) is 3.73. The van der Waals surface area contributed by atoms with Gasteiger partial charge < -0.3 is 4.74 Å². The number of hydrogen-bond acceptors (Lipinski definition) is 3. The van der Waals surface area contributed by atoms with Gasteiger partial charge >= 0.3 is 0 Å². The van der Waals surface area contributed by atoms with E-state index >= 15 is 0 Å². The van der Waals surface area contributed by atoms with Crippen LogP contribution in [0.3, 0.4) is 0 Å². The van der Waals surface area contributed by atoms with E-state index in [9.17, 15) is 9.59 Å². The fourth-order valence-corrected chi connectivity index (χ4v) is 2.62. The van der Waals surface area contributed by atoms with E-state index in [1.807, 2.05) is 36.4 Å². The molecule has 21 heavy (non-hydrogen) atoms. The van der Waals surface area contributed by atoms with Crippen molar-refractivity contribution in [2.75, 3.05) is 7.11 Å². The minimum absolute atomic E-state index is 0.241. The maximum Gasteiger partial charge on any atom is 0.258 e. The normalized spacial score (nSPS) is 17.1. The molecule has 0 fully saturated rings. The zero-order valence-corrected chi connectivity index (χ0v) is 11.6. The van der Waals surface area contributed by atoms with E-state index in [0.29, 0.717) is 12.0 Å². The number of fused-ring (bicyclic) bond motifs is 1. The van der Waals surface area contributed by atoms with Crippen molar-refractivity contribution in [1.29, 1.82) is 0 Å². The molecule has 2 aromatic carbocycles. The van der Waals surface area contributed by atoms with Gasteiger partial charge in [-0.15, -0.1) is 0 Å². The topological polar surface area (TPSA) is 55.4 Å². The standard InChI is InChI=1S/C17H15NO3/c1-21-12-8-6-11(7-9-12)10-15-13-4-2-3-5-14(13)16(19)18-17(15)20/h2-9,15H,10H2,1H3,(H,18,19,20). The first-order valence-corrected chi connectivity index (χ1v) is 6.76. The fraction of sp³-hybridized carbons (Fsp3) is 0.176. The van der Waals surface area contributed by atoms with Crippen LogP contribution in [0, 0.1) is 0 Å². The van der Waals surface area contributed by atoms with E-state index in [-0.39, 0.29) is 17.7 Å². The number of carbonyl (C=O) groups is 2. The molecule has 0 bridgehead atoms. The zero-order valence-electron chi connectivity index (χ0n) is 11.6. The van der Waals surface area contributed by atoms with Gasteiger partial charge in [-0.05, 0) is 35.7 Å². The average Bonchev–Trinajstić information content (AvgIpc) is 2.52. The van der Waals surface area contributed by atoms with Gasteiger partial charge in [0.25, 0.3) is 5.91 Å². The van der Waals surface area contributed by atoms with E-state index in [1.165, 1.54) is 0 Å². The first-order chi connectivity index (χ1) is 10.2. The van der Waals surface area contributed by atoms with Gasteiger partial charge in [-0.1, -0.05) is 30.3 Å². The summed E-state index contributed by atoms with van der Waals surface area (Å²) in [6.07, 6.45) is 0.556. The summed E-state index contributed by atoms with van der Waals surface area (Å²) in [5.41, 5.74) is 2.40. The molecule has 0 saturated heterocycles. The van der Waals surface area contributed by atoms with Crippen LogP contribution < -0.4 is 10.1 Å². The number of methoxy groups -OCH3 is 1. The quantitative estimate of drug-likeness (QED) is 0.878. The summed E-state index contributed by atoms with van der Waals surface area (Å²) in [5.74, 6) is -0.120. The minimum atomic E-state index is -0.340. The molecule has 4 nitrogen and oxygen atoms in total. The number of amides is 2. The highest BCUT2D eigenvalue weighted by Gasteiger charge is 2.31. The van der Waals surface area contributed by atoms with Crippen LogP contribution in [0.4, 0.5) is 0 Å². The van der Waals surface area contributed by atoms with Crippen molar-refractivity contribution in [3.05, 3.63) is 65.2 Å².